The van der Waals surface area contributed by atoms with Gasteiger partial charge in [-0.25, -0.2) is 14.9 Å². The van der Waals surface area contributed by atoms with Gasteiger partial charge in [-0.3, -0.25) is 14.9 Å². The van der Waals surface area contributed by atoms with Crippen LogP contribution in [0, 0.1) is 0 Å². The van der Waals surface area contributed by atoms with Crippen LogP contribution in [0.5, 0.6) is 0 Å². The number of thioether (sulfide) groups is 1. The molecule has 1 heterocycles. The normalized spacial score (nSPS) is 15.5. The monoisotopic (exact) mass is 572 g/mol. The van der Waals surface area contributed by atoms with Crippen LogP contribution >= 0.6 is 23.4 Å². The minimum atomic E-state index is -4.66. The lowest BCUT2D eigenvalue weighted by atomic mass is 10.0. The molecule has 0 aromatic heterocycles. The van der Waals surface area contributed by atoms with Gasteiger partial charge in [0.15, 0.2) is 0 Å². The van der Waals surface area contributed by atoms with Crippen molar-refractivity contribution in [3.63, 3.8) is 0 Å². The standard InChI is InChI=1S/C27H20ClF3N4O3S/c28-18-10-14-20(15-11-18)35(26(32)37)24(21-5-1-2-7-23(21)39-27(29,30)31)25(36)33-19-12-8-17(9-13-19)22-6-3-4-16-34(22)38/h1-16,24,38H,(H2,32,37). The topological polar surface area (TPSA) is 99.2 Å². The molecule has 2 aromatic carbocycles. The van der Waals surface area contributed by atoms with Crippen molar-refractivity contribution in [2.75, 3.05) is 4.90 Å². The van der Waals surface area contributed by atoms with Gasteiger partial charge in [0, 0.05) is 27.4 Å². The van der Waals surface area contributed by atoms with Gasteiger partial charge in [-0.2, -0.15) is 13.2 Å². The number of rotatable bonds is 5. The molecule has 4 rings (SSSR count). The predicted molar refractivity (Wildman–Crippen MR) is 144 cm³/mol. The second-order valence-corrected chi connectivity index (χ2v) is 9.64. The summed E-state index contributed by atoms with van der Waals surface area (Å²) >= 11 is 5.55. The van der Waals surface area contributed by atoms with Gasteiger partial charge >= 0.3 is 11.5 Å². The highest BCUT2D eigenvalue weighted by Crippen LogP contribution is 2.42. The van der Waals surface area contributed by atoms with Crippen LogP contribution in [0.4, 0.5) is 23.7 Å². The van der Waals surface area contributed by atoms with Crippen LogP contribution < -0.4 is 10.6 Å². The van der Waals surface area contributed by atoms with Crippen molar-refractivity contribution in [3.05, 3.63) is 119 Å². The molecule has 0 bridgehead atoms. The summed E-state index contributed by atoms with van der Waals surface area (Å²) in [4.78, 5) is 31.0. The molecule has 0 fully saturated rings. The van der Waals surface area contributed by atoms with Crippen molar-refractivity contribution in [1.29, 1.82) is 0 Å². The Kier molecular flexibility index (Phi) is 8.44. The zero-order valence-electron chi connectivity index (χ0n) is 19.9. The maximum absolute atomic E-state index is 13.6. The number of hydrogen-bond donors (Lipinski definition) is 2. The van der Waals surface area contributed by atoms with Crippen LogP contribution in [0.25, 0.3) is 0 Å². The number of hydrogen-bond acceptors (Lipinski definition) is 5. The first-order chi connectivity index (χ1) is 18.5. The van der Waals surface area contributed by atoms with Crippen LogP contribution in [-0.2, 0) is 4.79 Å². The second-order valence-electron chi connectivity index (χ2n) is 8.10. The Hall–Kier alpha value is -4.06. The predicted octanol–water partition coefficient (Wildman–Crippen LogP) is 6.70. The first kappa shape index (κ1) is 28.0. The number of halogens is 4. The molecule has 0 radical (unpaired) electrons. The molecule has 39 heavy (non-hydrogen) atoms. The third-order valence-corrected chi connectivity index (χ3v) is 6.59. The second kappa shape index (κ2) is 11.8. The van der Waals surface area contributed by atoms with Crippen molar-refractivity contribution < 1.29 is 28.0 Å². The highest BCUT2D eigenvalue weighted by atomic mass is 35.5. The van der Waals surface area contributed by atoms with E-state index in [0.717, 1.165) is 9.96 Å². The minimum absolute atomic E-state index is 0.107. The lowest BCUT2D eigenvalue weighted by Gasteiger charge is -2.30. The molecule has 1 atom stereocenters. The zero-order chi connectivity index (χ0) is 28.2. The van der Waals surface area contributed by atoms with E-state index in [1.165, 1.54) is 66.9 Å². The molecule has 200 valence electrons. The van der Waals surface area contributed by atoms with Crippen molar-refractivity contribution in [2.24, 2.45) is 10.7 Å². The SMILES string of the molecule is NC(=O)N(c1ccc(Cl)cc1)C(C(=O)N=C1C=CC(=C2C=CC=CN2O)C=C1)c1ccccc1SC(F)(F)F. The molecular formula is C27H20ClF3N4O3S. The summed E-state index contributed by atoms with van der Waals surface area (Å²) in [6, 6.07) is 8.42. The molecule has 1 aliphatic heterocycles. The molecule has 1 aliphatic carbocycles. The first-order valence-electron chi connectivity index (χ1n) is 11.3. The summed E-state index contributed by atoms with van der Waals surface area (Å²) in [7, 11) is 0. The maximum Gasteiger partial charge on any atom is 0.446 e. The van der Waals surface area contributed by atoms with E-state index in [1.807, 2.05) is 0 Å². The van der Waals surface area contributed by atoms with E-state index in [0.29, 0.717) is 16.3 Å². The van der Waals surface area contributed by atoms with Gasteiger partial charge in [0.25, 0.3) is 5.91 Å². The fourth-order valence-electron chi connectivity index (χ4n) is 3.87. The van der Waals surface area contributed by atoms with Gasteiger partial charge in [0.2, 0.25) is 0 Å². The molecule has 3 amide bonds. The third kappa shape index (κ3) is 6.88. The number of carbonyl (C=O) groups excluding carboxylic acids is 2. The molecule has 0 saturated heterocycles. The Morgan fingerprint density at radius 1 is 1.00 bits per heavy atom. The largest absolute Gasteiger partial charge is 0.446 e. The van der Waals surface area contributed by atoms with E-state index in [1.54, 1.807) is 30.4 Å². The highest BCUT2D eigenvalue weighted by molar-refractivity contribution is 8.00. The van der Waals surface area contributed by atoms with E-state index in [-0.39, 0.29) is 21.9 Å². The quantitative estimate of drug-likeness (QED) is 0.388. The van der Waals surface area contributed by atoms with E-state index in [2.05, 4.69) is 4.99 Å². The molecule has 0 spiro atoms. The van der Waals surface area contributed by atoms with Gasteiger partial charge in [-0.05, 0) is 72.0 Å². The average Bonchev–Trinajstić information content (AvgIpc) is 2.88. The van der Waals surface area contributed by atoms with E-state index < -0.39 is 35.3 Å². The van der Waals surface area contributed by atoms with E-state index in [4.69, 9.17) is 17.3 Å². The number of urea groups is 1. The molecule has 7 nitrogen and oxygen atoms in total. The summed E-state index contributed by atoms with van der Waals surface area (Å²) < 4.78 is 40.1. The summed E-state index contributed by atoms with van der Waals surface area (Å²) in [5.41, 5.74) is 2.31. The lowest BCUT2D eigenvalue weighted by molar-refractivity contribution is -0.119. The van der Waals surface area contributed by atoms with E-state index >= 15 is 0 Å². The number of benzene rings is 2. The Morgan fingerprint density at radius 2 is 1.67 bits per heavy atom. The number of aliphatic imine (C=N–C) groups is 1. The maximum atomic E-state index is 13.6. The number of nitrogens with zero attached hydrogens (tertiary/aromatic N) is 3. The fourth-order valence-corrected chi connectivity index (χ4v) is 4.69. The summed E-state index contributed by atoms with van der Waals surface area (Å²) in [6.45, 7) is 0. The Balaban J connectivity index is 1.78. The summed E-state index contributed by atoms with van der Waals surface area (Å²) in [5.74, 6) is -0.927. The Bertz CT molecular complexity index is 1450. The highest BCUT2D eigenvalue weighted by Gasteiger charge is 2.37. The Labute approximate surface area is 230 Å². The van der Waals surface area contributed by atoms with Crippen LogP contribution in [0.1, 0.15) is 11.6 Å². The molecule has 3 N–H and O–H groups in total. The number of amides is 3. The smallest absolute Gasteiger partial charge is 0.351 e. The molecular weight excluding hydrogens is 553 g/mol. The molecule has 0 saturated carbocycles. The van der Waals surface area contributed by atoms with Crippen LogP contribution in [0.2, 0.25) is 5.02 Å². The van der Waals surface area contributed by atoms with Crippen molar-refractivity contribution in [1.82, 2.24) is 5.06 Å². The van der Waals surface area contributed by atoms with Crippen molar-refractivity contribution >= 4 is 46.7 Å². The number of hydroxylamine groups is 2. The van der Waals surface area contributed by atoms with Gasteiger partial charge < -0.3 is 5.73 Å². The van der Waals surface area contributed by atoms with Crippen LogP contribution in [0.3, 0.4) is 0 Å². The number of alkyl halides is 3. The molecule has 12 heteroatoms. The molecule has 2 aliphatic rings. The lowest BCUT2D eigenvalue weighted by Crippen LogP contribution is -2.42. The van der Waals surface area contributed by atoms with Crippen LogP contribution in [-0.4, -0.2) is 33.4 Å². The number of anilines is 1. The van der Waals surface area contributed by atoms with Crippen molar-refractivity contribution in [2.45, 2.75) is 16.4 Å². The molecule has 1 unspecified atom stereocenters. The summed E-state index contributed by atoms with van der Waals surface area (Å²) in [6.07, 6.45) is 12.7. The summed E-state index contributed by atoms with van der Waals surface area (Å²) in [5, 5.41) is 11.3. The van der Waals surface area contributed by atoms with Gasteiger partial charge in [0.1, 0.15) is 6.04 Å². The number of allylic oxidation sites excluding steroid dienone is 8. The number of primary amides is 1. The van der Waals surface area contributed by atoms with Crippen LogP contribution in [0.15, 0.2) is 118 Å². The van der Waals surface area contributed by atoms with E-state index in [9.17, 15) is 28.0 Å². The van der Waals surface area contributed by atoms with Crippen molar-refractivity contribution in [3.8, 4) is 0 Å². The third-order valence-electron chi connectivity index (χ3n) is 5.52. The number of nitrogens with two attached hydrogens (primary N) is 1. The zero-order valence-corrected chi connectivity index (χ0v) is 21.5. The molecule has 2 aromatic rings. The van der Waals surface area contributed by atoms with Gasteiger partial charge in [-0.15, -0.1) is 0 Å². The fraction of sp³-hybridized carbons (Fsp3) is 0.0741. The minimum Gasteiger partial charge on any atom is -0.351 e. The van der Waals surface area contributed by atoms with Gasteiger partial charge in [0.05, 0.1) is 11.4 Å². The average molecular weight is 573 g/mol. The number of carbonyl (C=O) groups is 2. The first-order valence-corrected chi connectivity index (χ1v) is 12.5. The Morgan fingerprint density at radius 3 is 2.28 bits per heavy atom. The van der Waals surface area contributed by atoms with Gasteiger partial charge in [-0.1, -0.05) is 48.0 Å².